The van der Waals surface area contributed by atoms with E-state index in [4.69, 9.17) is 0 Å². The predicted octanol–water partition coefficient (Wildman–Crippen LogP) is 0.322. The Hall–Kier alpha value is -2.08. The maximum Gasteiger partial charge on any atom is 0.327 e. The molecule has 3 unspecified atom stereocenters. The van der Waals surface area contributed by atoms with E-state index >= 15 is 0 Å². The first-order chi connectivity index (χ1) is 7.85. The quantitative estimate of drug-likeness (QED) is 0.601. The summed E-state index contributed by atoms with van der Waals surface area (Å²) in [5, 5.41) is 18.5. The number of fused-ring (bicyclic) bond motifs is 1. The van der Waals surface area contributed by atoms with E-state index in [1.807, 2.05) is 6.07 Å². The molecule has 1 aliphatic carbocycles. The number of carbonyl (C=O) groups excluding carboxylic acids is 2. The van der Waals surface area contributed by atoms with Crippen LogP contribution in [0.15, 0.2) is 0 Å². The zero-order valence-corrected chi connectivity index (χ0v) is 9.89. The number of nitriles is 2. The fourth-order valence-corrected chi connectivity index (χ4v) is 2.95. The van der Waals surface area contributed by atoms with Gasteiger partial charge in [0.05, 0.1) is 23.5 Å². The number of rotatable bonds is 0. The maximum absolute atomic E-state index is 11.9. The minimum absolute atomic E-state index is 0.317. The van der Waals surface area contributed by atoms with Gasteiger partial charge in [-0.2, -0.15) is 10.5 Å². The fraction of sp³-hybridized carbons (Fsp3) is 0.636. The minimum Gasteiger partial charge on any atom is -0.306 e. The summed E-state index contributed by atoms with van der Waals surface area (Å²) in [6.45, 7) is 1.62. The van der Waals surface area contributed by atoms with Gasteiger partial charge in [0.1, 0.15) is 0 Å². The van der Waals surface area contributed by atoms with Gasteiger partial charge in [0.25, 0.3) is 0 Å². The summed E-state index contributed by atoms with van der Waals surface area (Å²) in [7, 11) is 2.86. The molecule has 88 valence electrons. The molecular weight excluding hydrogens is 220 g/mol. The van der Waals surface area contributed by atoms with Gasteiger partial charge in [-0.25, -0.2) is 4.79 Å². The SMILES string of the molecule is CN1C(=O)C2CC(C)(C#N)C2(C#N)N(C)C1=O. The predicted molar refractivity (Wildman–Crippen MR) is 56.1 cm³/mol. The van der Waals surface area contributed by atoms with Crippen LogP contribution in [0.5, 0.6) is 0 Å². The van der Waals surface area contributed by atoms with E-state index in [2.05, 4.69) is 6.07 Å². The van der Waals surface area contributed by atoms with E-state index in [0.717, 1.165) is 4.90 Å². The summed E-state index contributed by atoms with van der Waals surface area (Å²) < 4.78 is 0. The van der Waals surface area contributed by atoms with Gasteiger partial charge in [0, 0.05) is 14.1 Å². The summed E-state index contributed by atoms with van der Waals surface area (Å²) in [5.41, 5.74) is -2.30. The van der Waals surface area contributed by atoms with Crippen LogP contribution in [0.25, 0.3) is 0 Å². The average molecular weight is 232 g/mol. The highest BCUT2D eigenvalue weighted by molar-refractivity contribution is 6.01. The summed E-state index contributed by atoms with van der Waals surface area (Å²) >= 11 is 0. The molecular formula is C11H12N4O2. The fourth-order valence-electron chi connectivity index (χ4n) is 2.95. The zero-order chi connectivity index (χ0) is 13.0. The first kappa shape index (κ1) is 11.4. The number of carbonyl (C=O) groups is 2. The van der Waals surface area contributed by atoms with Gasteiger partial charge in [0.15, 0.2) is 5.54 Å². The van der Waals surface area contributed by atoms with Crippen molar-refractivity contribution in [1.29, 1.82) is 10.5 Å². The molecule has 17 heavy (non-hydrogen) atoms. The van der Waals surface area contributed by atoms with Gasteiger partial charge in [-0.3, -0.25) is 9.69 Å². The molecule has 1 aliphatic heterocycles. The van der Waals surface area contributed by atoms with Crippen molar-refractivity contribution < 1.29 is 9.59 Å². The lowest BCUT2D eigenvalue weighted by molar-refractivity contribution is -0.160. The Bertz CT molecular complexity index is 483. The van der Waals surface area contributed by atoms with E-state index in [1.54, 1.807) is 6.92 Å². The highest BCUT2D eigenvalue weighted by Gasteiger charge is 2.73. The lowest BCUT2D eigenvalue weighted by atomic mass is 9.48. The Morgan fingerprint density at radius 3 is 2.35 bits per heavy atom. The molecule has 3 amide bonds. The molecule has 6 heteroatoms. The summed E-state index contributed by atoms with van der Waals surface area (Å²) in [5.74, 6) is -0.966. The molecule has 0 radical (unpaired) electrons. The zero-order valence-electron chi connectivity index (χ0n) is 9.89. The van der Waals surface area contributed by atoms with Crippen molar-refractivity contribution in [3.05, 3.63) is 0 Å². The molecule has 6 nitrogen and oxygen atoms in total. The first-order valence-corrected chi connectivity index (χ1v) is 5.23. The maximum atomic E-state index is 11.9. The standard InChI is InChI=1S/C11H12N4O2/c1-10(5-12)4-7-8(16)14(2)9(17)15(3)11(7,10)6-13/h7H,4H2,1-3H3. The van der Waals surface area contributed by atoms with Gasteiger partial charge in [-0.15, -0.1) is 0 Å². The van der Waals surface area contributed by atoms with Crippen molar-refractivity contribution in [2.24, 2.45) is 11.3 Å². The Morgan fingerprint density at radius 2 is 1.88 bits per heavy atom. The van der Waals surface area contributed by atoms with Crippen LogP contribution in [-0.4, -0.2) is 41.4 Å². The average Bonchev–Trinajstić information content (AvgIpc) is 2.32. The smallest absolute Gasteiger partial charge is 0.306 e. The largest absolute Gasteiger partial charge is 0.327 e. The molecule has 0 aromatic carbocycles. The minimum atomic E-state index is -1.32. The summed E-state index contributed by atoms with van der Waals surface area (Å²) in [4.78, 5) is 26.0. The molecule has 1 saturated heterocycles. The van der Waals surface area contributed by atoms with Crippen LogP contribution in [-0.2, 0) is 4.79 Å². The van der Waals surface area contributed by atoms with Crippen molar-refractivity contribution in [2.75, 3.05) is 14.1 Å². The Labute approximate surface area is 99.0 Å². The van der Waals surface area contributed by atoms with Crippen LogP contribution in [0.4, 0.5) is 4.79 Å². The summed E-state index contributed by atoms with van der Waals surface area (Å²) in [6.07, 6.45) is 0.317. The van der Waals surface area contributed by atoms with Crippen LogP contribution >= 0.6 is 0 Å². The van der Waals surface area contributed by atoms with Crippen LogP contribution < -0.4 is 0 Å². The molecule has 0 aromatic rings. The van der Waals surface area contributed by atoms with Crippen LogP contribution in [0.2, 0.25) is 0 Å². The third-order valence-corrected chi connectivity index (χ3v) is 4.11. The number of imide groups is 1. The highest BCUT2D eigenvalue weighted by atomic mass is 16.2. The van der Waals surface area contributed by atoms with Gasteiger partial charge >= 0.3 is 6.03 Å². The van der Waals surface area contributed by atoms with Gasteiger partial charge < -0.3 is 4.90 Å². The number of nitrogens with zero attached hydrogens (tertiary/aromatic N) is 4. The number of urea groups is 1. The van der Waals surface area contributed by atoms with Crippen molar-refractivity contribution in [3.8, 4) is 12.1 Å². The van der Waals surface area contributed by atoms with Crippen molar-refractivity contribution in [2.45, 2.75) is 18.9 Å². The van der Waals surface area contributed by atoms with Crippen LogP contribution in [0.1, 0.15) is 13.3 Å². The third kappa shape index (κ3) is 0.938. The van der Waals surface area contributed by atoms with Crippen molar-refractivity contribution in [3.63, 3.8) is 0 Å². The number of amides is 3. The molecule has 2 rings (SSSR count). The summed E-state index contributed by atoms with van der Waals surface area (Å²) in [6, 6.07) is 3.56. The van der Waals surface area contributed by atoms with Crippen molar-refractivity contribution >= 4 is 11.9 Å². The second kappa shape index (κ2) is 2.98. The van der Waals surface area contributed by atoms with E-state index in [1.165, 1.54) is 19.0 Å². The number of hydrogen-bond acceptors (Lipinski definition) is 4. The van der Waals surface area contributed by atoms with Crippen LogP contribution in [0.3, 0.4) is 0 Å². The second-order valence-corrected chi connectivity index (χ2v) is 4.82. The van der Waals surface area contributed by atoms with E-state index < -0.39 is 22.9 Å². The van der Waals surface area contributed by atoms with Crippen LogP contribution in [0, 0.1) is 34.0 Å². The van der Waals surface area contributed by atoms with E-state index in [9.17, 15) is 20.1 Å². The van der Waals surface area contributed by atoms with E-state index in [-0.39, 0.29) is 5.91 Å². The topological polar surface area (TPSA) is 88.2 Å². The monoisotopic (exact) mass is 232 g/mol. The number of hydrogen-bond donors (Lipinski definition) is 0. The van der Waals surface area contributed by atoms with Gasteiger partial charge in [-0.05, 0) is 13.3 Å². The molecule has 1 saturated carbocycles. The molecule has 2 aliphatic rings. The first-order valence-electron chi connectivity index (χ1n) is 5.23. The third-order valence-electron chi connectivity index (χ3n) is 4.11. The molecule has 3 atom stereocenters. The lowest BCUT2D eigenvalue weighted by Gasteiger charge is -2.61. The normalized spacial score (nSPS) is 40.2. The lowest BCUT2D eigenvalue weighted by Crippen LogP contribution is -2.78. The van der Waals surface area contributed by atoms with Gasteiger partial charge in [-0.1, -0.05) is 0 Å². The van der Waals surface area contributed by atoms with Gasteiger partial charge in [0.2, 0.25) is 5.91 Å². The van der Waals surface area contributed by atoms with E-state index in [0.29, 0.717) is 6.42 Å². The molecule has 0 bridgehead atoms. The Morgan fingerprint density at radius 1 is 1.29 bits per heavy atom. The second-order valence-electron chi connectivity index (χ2n) is 4.82. The molecule has 1 heterocycles. The Kier molecular flexibility index (Phi) is 2.00. The molecule has 2 fully saturated rings. The Balaban J connectivity index is 2.58. The van der Waals surface area contributed by atoms with Crippen molar-refractivity contribution in [1.82, 2.24) is 9.80 Å². The molecule has 0 spiro atoms. The molecule has 0 N–H and O–H groups in total. The highest BCUT2D eigenvalue weighted by Crippen LogP contribution is 2.58. The molecule has 0 aromatic heterocycles.